The topological polar surface area (TPSA) is 21.3 Å². The molecule has 0 amide bonds. The van der Waals surface area contributed by atoms with Gasteiger partial charge in [-0.2, -0.15) is 0 Å². The van der Waals surface area contributed by atoms with Crippen molar-refractivity contribution in [1.82, 2.24) is 5.32 Å². The number of ether oxygens (including phenoxy) is 1. The molecule has 2 heteroatoms. The van der Waals surface area contributed by atoms with Gasteiger partial charge < -0.3 is 10.1 Å². The molecule has 0 aromatic heterocycles. The molecule has 1 aliphatic heterocycles. The Labute approximate surface area is 94.1 Å². The molecule has 2 nitrogen and oxygen atoms in total. The van der Waals surface area contributed by atoms with E-state index < -0.39 is 0 Å². The van der Waals surface area contributed by atoms with Crippen molar-refractivity contribution in [2.75, 3.05) is 6.61 Å². The van der Waals surface area contributed by atoms with Gasteiger partial charge in [0.1, 0.15) is 0 Å². The zero-order valence-electron chi connectivity index (χ0n) is 10.2. The highest BCUT2D eigenvalue weighted by atomic mass is 16.5. The Bertz CT molecular complexity index is 175. The van der Waals surface area contributed by atoms with Crippen LogP contribution in [0.2, 0.25) is 0 Å². The Kier molecular flexibility index (Phi) is 5.96. The molecule has 1 fully saturated rings. The van der Waals surface area contributed by atoms with Crippen LogP contribution in [0.5, 0.6) is 0 Å². The molecule has 1 rings (SSSR count). The predicted molar refractivity (Wildman–Crippen MR) is 65.1 cm³/mol. The van der Waals surface area contributed by atoms with Crippen molar-refractivity contribution >= 4 is 0 Å². The molecular formula is C13H25NO. The van der Waals surface area contributed by atoms with Gasteiger partial charge in [-0.05, 0) is 39.0 Å². The third-order valence-corrected chi connectivity index (χ3v) is 3.23. The van der Waals surface area contributed by atoms with Crippen LogP contribution >= 0.6 is 0 Å². The first-order valence-electron chi connectivity index (χ1n) is 6.26. The zero-order valence-corrected chi connectivity index (χ0v) is 10.2. The van der Waals surface area contributed by atoms with Crippen molar-refractivity contribution in [1.29, 1.82) is 0 Å². The monoisotopic (exact) mass is 211 g/mol. The van der Waals surface area contributed by atoms with Gasteiger partial charge in [0.2, 0.25) is 0 Å². The molecule has 0 aliphatic carbocycles. The highest BCUT2D eigenvalue weighted by Gasteiger charge is 2.23. The maximum atomic E-state index is 5.68. The van der Waals surface area contributed by atoms with E-state index >= 15 is 0 Å². The third-order valence-electron chi connectivity index (χ3n) is 3.23. The number of nitrogens with one attached hydrogen (secondary N) is 1. The van der Waals surface area contributed by atoms with Crippen LogP contribution in [0.25, 0.3) is 0 Å². The number of hydrogen-bond acceptors (Lipinski definition) is 2. The maximum Gasteiger partial charge on any atom is 0.0726 e. The molecule has 0 bridgehead atoms. The van der Waals surface area contributed by atoms with Crippen LogP contribution < -0.4 is 5.32 Å². The van der Waals surface area contributed by atoms with E-state index in [0.29, 0.717) is 18.2 Å². The van der Waals surface area contributed by atoms with Gasteiger partial charge >= 0.3 is 0 Å². The van der Waals surface area contributed by atoms with E-state index in [4.69, 9.17) is 4.74 Å². The molecule has 1 saturated heterocycles. The molecule has 0 saturated carbocycles. The normalized spacial score (nSPS) is 25.1. The average Bonchev–Trinajstić information content (AvgIpc) is 2.77. The molecule has 0 spiro atoms. The van der Waals surface area contributed by atoms with E-state index in [1.54, 1.807) is 0 Å². The molecule has 0 aromatic rings. The zero-order chi connectivity index (χ0) is 11.1. The van der Waals surface area contributed by atoms with E-state index in [2.05, 4.69) is 25.7 Å². The molecule has 1 N–H and O–H groups in total. The average molecular weight is 211 g/mol. The fraction of sp³-hybridized carbons (Fsp3) is 0.846. The molecule has 0 aromatic carbocycles. The Hall–Kier alpha value is -0.340. The van der Waals surface area contributed by atoms with E-state index in [9.17, 15) is 0 Å². The van der Waals surface area contributed by atoms with Crippen molar-refractivity contribution in [2.24, 2.45) is 0 Å². The van der Waals surface area contributed by atoms with Crippen molar-refractivity contribution in [3.05, 3.63) is 12.7 Å². The van der Waals surface area contributed by atoms with Crippen LogP contribution in [0.3, 0.4) is 0 Å². The van der Waals surface area contributed by atoms with Crippen LogP contribution in [0.4, 0.5) is 0 Å². The van der Waals surface area contributed by atoms with Crippen LogP contribution in [0.1, 0.15) is 46.0 Å². The summed E-state index contributed by atoms with van der Waals surface area (Å²) < 4.78 is 5.68. The van der Waals surface area contributed by atoms with Gasteiger partial charge in [0.15, 0.2) is 0 Å². The van der Waals surface area contributed by atoms with E-state index in [-0.39, 0.29) is 0 Å². The van der Waals surface area contributed by atoms with Gasteiger partial charge in [-0.25, -0.2) is 0 Å². The van der Waals surface area contributed by atoms with Gasteiger partial charge in [-0.15, -0.1) is 6.58 Å². The second-order valence-corrected chi connectivity index (χ2v) is 4.48. The SMILES string of the molecule is C=CCCC(CC)NC(C)C1CCCO1. The molecule has 3 atom stereocenters. The lowest BCUT2D eigenvalue weighted by Gasteiger charge is -2.25. The van der Waals surface area contributed by atoms with Crippen molar-refractivity contribution < 1.29 is 4.74 Å². The largest absolute Gasteiger partial charge is 0.377 e. The van der Waals surface area contributed by atoms with E-state index in [1.807, 2.05) is 6.08 Å². The number of allylic oxidation sites excluding steroid dienone is 1. The number of hydrogen-bond donors (Lipinski definition) is 1. The molecule has 88 valence electrons. The molecular weight excluding hydrogens is 186 g/mol. The first-order valence-corrected chi connectivity index (χ1v) is 6.26. The second-order valence-electron chi connectivity index (χ2n) is 4.48. The fourth-order valence-electron chi connectivity index (χ4n) is 2.20. The Morgan fingerprint density at radius 2 is 2.40 bits per heavy atom. The third kappa shape index (κ3) is 4.35. The van der Waals surface area contributed by atoms with Crippen LogP contribution in [0.15, 0.2) is 12.7 Å². The van der Waals surface area contributed by atoms with Gasteiger partial charge in [0.05, 0.1) is 6.10 Å². The standard InChI is InChI=1S/C13H25NO/c1-4-6-8-12(5-2)14-11(3)13-9-7-10-15-13/h4,11-14H,1,5-10H2,2-3H3. The Balaban J connectivity index is 2.26. The van der Waals surface area contributed by atoms with Crippen molar-refractivity contribution in [2.45, 2.75) is 64.1 Å². The van der Waals surface area contributed by atoms with Crippen molar-refractivity contribution in [3.63, 3.8) is 0 Å². The minimum absolute atomic E-state index is 0.433. The Morgan fingerprint density at radius 1 is 1.60 bits per heavy atom. The van der Waals surface area contributed by atoms with Gasteiger partial charge in [0.25, 0.3) is 0 Å². The highest BCUT2D eigenvalue weighted by Crippen LogP contribution is 2.16. The smallest absolute Gasteiger partial charge is 0.0726 e. The molecule has 1 heterocycles. The summed E-state index contributed by atoms with van der Waals surface area (Å²) in [6.07, 6.45) is 8.35. The van der Waals surface area contributed by atoms with Crippen LogP contribution in [0, 0.1) is 0 Å². The van der Waals surface area contributed by atoms with E-state index in [0.717, 1.165) is 13.0 Å². The summed E-state index contributed by atoms with van der Waals surface area (Å²) in [4.78, 5) is 0. The summed E-state index contributed by atoms with van der Waals surface area (Å²) in [7, 11) is 0. The summed E-state index contributed by atoms with van der Waals surface area (Å²) in [5.41, 5.74) is 0. The molecule has 15 heavy (non-hydrogen) atoms. The summed E-state index contributed by atoms with van der Waals surface area (Å²) in [5.74, 6) is 0. The van der Waals surface area contributed by atoms with Crippen molar-refractivity contribution in [3.8, 4) is 0 Å². The quantitative estimate of drug-likeness (QED) is 0.654. The lowest BCUT2D eigenvalue weighted by molar-refractivity contribution is 0.0790. The van der Waals surface area contributed by atoms with Crippen LogP contribution in [-0.2, 0) is 4.74 Å². The fourth-order valence-corrected chi connectivity index (χ4v) is 2.20. The van der Waals surface area contributed by atoms with E-state index in [1.165, 1.54) is 25.7 Å². The number of rotatable bonds is 7. The predicted octanol–water partition coefficient (Wildman–Crippen LogP) is 2.89. The Morgan fingerprint density at radius 3 is 2.93 bits per heavy atom. The first kappa shape index (κ1) is 12.7. The second kappa shape index (κ2) is 7.02. The lowest BCUT2D eigenvalue weighted by Crippen LogP contribution is -2.43. The maximum absolute atomic E-state index is 5.68. The first-order chi connectivity index (χ1) is 7.27. The molecule has 0 radical (unpaired) electrons. The summed E-state index contributed by atoms with van der Waals surface area (Å²) in [6, 6.07) is 1.10. The minimum Gasteiger partial charge on any atom is -0.377 e. The van der Waals surface area contributed by atoms with Gasteiger partial charge in [-0.3, -0.25) is 0 Å². The molecule has 1 aliphatic rings. The highest BCUT2D eigenvalue weighted by molar-refractivity contribution is 4.81. The van der Waals surface area contributed by atoms with Gasteiger partial charge in [-0.1, -0.05) is 13.0 Å². The summed E-state index contributed by atoms with van der Waals surface area (Å²) >= 11 is 0. The van der Waals surface area contributed by atoms with Gasteiger partial charge in [0, 0.05) is 18.7 Å². The summed E-state index contributed by atoms with van der Waals surface area (Å²) in [6.45, 7) is 9.20. The molecule has 3 unspecified atom stereocenters. The van der Waals surface area contributed by atoms with Crippen LogP contribution in [-0.4, -0.2) is 24.8 Å². The lowest BCUT2D eigenvalue weighted by atomic mass is 10.0. The summed E-state index contributed by atoms with van der Waals surface area (Å²) in [5, 5.41) is 3.67. The minimum atomic E-state index is 0.433.